The number of hydrogen-bond acceptors (Lipinski definition) is 7. The van der Waals surface area contributed by atoms with Crippen LogP contribution in [0.25, 0.3) is 0 Å². The Morgan fingerprint density at radius 1 is 1.52 bits per heavy atom. The van der Waals surface area contributed by atoms with E-state index in [0.29, 0.717) is 17.1 Å². The van der Waals surface area contributed by atoms with Crippen LogP contribution in [0.3, 0.4) is 0 Å². The van der Waals surface area contributed by atoms with Gasteiger partial charge in [-0.25, -0.2) is 9.97 Å². The van der Waals surface area contributed by atoms with Gasteiger partial charge in [0.05, 0.1) is 7.11 Å². The minimum atomic E-state index is -0.0871. The molecule has 2 aromatic heterocycles. The fourth-order valence-corrected chi connectivity index (χ4v) is 3.86. The molecule has 2 aromatic rings. The van der Waals surface area contributed by atoms with Gasteiger partial charge in [0.25, 0.3) is 0 Å². The van der Waals surface area contributed by atoms with Gasteiger partial charge in [0.1, 0.15) is 0 Å². The number of nitrogens with zero attached hydrogens (tertiary/aromatic N) is 3. The molecule has 3 heterocycles. The van der Waals surface area contributed by atoms with E-state index in [1.165, 1.54) is 23.8 Å². The van der Waals surface area contributed by atoms with Crippen LogP contribution in [0.15, 0.2) is 24.5 Å². The number of pyridine rings is 1. The predicted octanol–water partition coefficient (Wildman–Crippen LogP) is 1.52. The van der Waals surface area contributed by atoms with Crippen molar-refractivity contribution in [1.29, 1.82) is 0 Å². The van der Waals surface area contributed by atoms with Crippen molar-refractivity contribution >= 4 is 22.4 Å². The molecule has 1 amide bonds. The van der Waals surface area contributed by atoms with E-state index in [4.69, 9.17) is 4.74 Å². The van der Waals surface area contributed by atoms with Crippen molar-refractivity contribution in [3.05, 3.63) is 35.0 Å². The summed E-state index contributed by atoms with van der Waals surface area (Å²) in [4.78, 5) is 23.1. The zero-order valence-corrected chi connectivity index (χ0v) is 15.3. The highest BCUT2D eigenvalue weighted by Crippen LogP contribution is 2.20. The largest absolute Gasteiger partial charge is 0.481 e. The van der Waals surface area contributed by atoms with Crippen LogP contribution in [0.5, 0.6) is 5.88 Å². The number of hydrogen-bond donors (Lipinski definition) is 2. The van der Waals surface area contributed by atoms with Gasteiger partial charge >= 0.3 is 0 Å². The van der Waals surface area contributed by atoms with Crippen LogP contribution in [0.4, 0.5) is 5.13 Å². The van der Waals surface area contributed by atoms with E-state index in [2.05, 4.69) is 25.5 Å². The number of ether oxygens (including phenoxy) is 1. The lowest BCUT2D eigenvalue weighted by Gasteiger charge is -2.33. The van der Waals surface area contributed by atoms with E-state index < -0.39 is 0 Å². The van der Waals surface area contributed by atoms with Gasteiger partial charge in [0, 0.05) is 62.5 Å². The SMILES string of the molecule is COc1cc(C[C@H]2CN(Cc3cnc(NC(C)=O)s3)CCN2)ccn1. The van der Waals surface area contributed by atoms with Crippen LogP contribution in [-0.4, -0.2) is 53.6 Å². The number of aromatic nitrogens is 2. The van der Waals surface area contributed by atoms with Crippen molar-refractivity contribution in [2.24, 2.45) is 0 Å². The Balaban J connectivity index is 1.55. The molecule has 1 atom stereocenters. The van der Waals surface area contributed by atoms with E-state index >= 15 is 0 Å². The first-order valence-corrected chi connectivity index (χ1v) is 9.11. The Kier molecular flexibility index (Phi) is 5.95. The number of amides is 1. The highest BCUT2D eigenvalue weighted by atomic mass is 32.1. The molecular weight excluding hydrogens is 338 g/mol. The summed E-state index contributed by atoms with van der Waals surface area (Å²) in [5, 5.41) is 6.98. The highest BCUT2D eigenvalue weighted by molar-refractivity contribution is 7.15. The van der Waals surface area contributed by atoms with Crippen LogP contribution in [0, 0.1) is 0 Å². The molecule has 1 saturated heterocycles. The van der Waals surface area contributed by atoms with Gasteiger partial charge in [-0.05, 0) is 18.1 Å². The van der Waals surface area contributed by atoms with Crippen LogP contribution >= 0.6 is 11.3 Å². The standard InChI is InChI=1S/C17H23N5O2S/c1-12(23)21-17-20-9-15(25-17)11-22-6-5-18-14(10-22)7-13-3-4-19-16(8-13)24-2/h3-4,8-9,14,18H,5-7,10-11H2,1-2H3,(H,20,21,23)/t14-/m0/s1. The molecular formula is C17H23N5O2S. The molecule has 0 radical (unpaired) electrons. The number of nitrogens with one attached hydrogen (secondary N) is 2. The topological polar surface area (TPSA) is 79.4 Å². The van der Waals surface area contributed by atoms with Crippen LogP contribution < -0.4 is 15.4 Å². The number of rotatable bonds is 6. The Labute approximate surface area is 151 Å². The molecule has 3 rings (SSSR count). The summed E-state index contributed by atoms with van der Waals surface area (Å²) in [6.45, 7) is 5.29. The van der Waals surface area contributed by atoms with Crippen molar-refractivity contribution in [2.75, 3.05) is 32.1 Å². The molecule has 134 valence electrons. The molecule has 25 heavy (non-hydrogen) atoms. The maximum absolute atomic E-state index is 11.1. The summed E-state index contributed by atoms with van der Waals surface area (Å²) in [5.41, 5.74) is 1.22. The summed E-state index contributed by atoms with van der Waals surface area (Å²) in [5.74, 6) is 0.566. The summed E-state index contributed by atoms with van der Waals surface area (Å²) in [6, 6.07) is 4.42. The van der Waals surface area contributed by atoms with Gasteiger partial charge < -0.3 is 15.4 Å². The van der Waals surface area contributed by atoms with Crippen molar-refractivity contribution < 1.29 is 9.53 Å². The monoisotopic (exact) mass is 361 g/mol. The number of carbonyl (C=O) groups excluding carboxylic acids is 1. The highest BCUT2D eigenvalue weighted by Gasteiger charge is 2.20. The van der Waals surface area contributed by atoms with Crippen molar-refractivity contribution in [3.8, 4) is 5.88 Å². The summed E-state index contributed by atoms with van der Waals surface area (Å²) < 4.78 is 5.20. The van der Waals surface area contributed by atoms with Gasteiger partial charge in [-0.15, -0.1) is 11.3 Å². The summed E-state index contributed by atoms with van der Waals surface area (Å²) in [6.07, 6.45) is 4.57. The second kappa shape index (κ2) is 8.37. The van der Waals surface area contributed by atoms with E-state index in [9.17, 15) is 4.79 Å². The van der Waals surface area contributed by atoms with Crippen LogP contribution in [0.2, 0.25) is 0 Å². The molecule has 2 N–H and O–H groups in total. The lowest BCUT2D eigenvalue weighted by Crippen LogP contribution is -2.51. The second-order valence-corrected chi connectivity index (χ2v) is 7.22. The van der Waals surface area contributed by atoms with Crippen molar-refractivity contribution in [2.45, 2.75) is 25.9 Å². The minimum absolute atomic E-state index is 0.0871. The maximum Gasteiger partial charge on any atom is 0.223 e. The van der Waals surface area contributed by atoms with Gasteiger partial charge in [-0.3, -0.25) is 9.69 Å². The van der Waals surface area contributed by atoms with Crippen molar-refractivity contribution in [1.82, 2.24) is 20.2 Å². The Morgan fingerprint density at radius 3 is 3.20 bits per heavy atom. The first-order chi connectivity index (χ1) is 12.1. The van der Waals surface area contributed by atoms with Gasteiger partial charge in [0.2, 0.25) is 11.8 Å². The van der Waals surface area contributed by atoms with Crippen LogP contribution in [-0.2, 0) is 17.8 Å². The molecule has 0 spiro atoms. The number of thiazole rings is 1. The molecule has 0 unspecified atom stereocenters. The first-order valence-electron chi connectivity index (χ1n) is 8.29. The second-order valence-electron chi connectivity index (χ2n) is 6.11. The molecule has 8 heteroatoms. The zero-order valence-electron chi connectivity index (χ0n) is 14.5. The van der Waals surface area contributed by atoms with E-state index in [-0.39, 0.29) is 5.91 Å². The average Bonchev–Trinajstić information content (AvgIpc) is 3.01. The fraction of sp³-hybridized carbons (Fsp3) is 0.471. The minimum Gasteiger partial charge on any atom is -0.481 e. The smallest absolute Gasteiger partial charge is 0.223 e. The average molecular weight is 361 g/mol. The zero-order chi connectivity index (χ0) is 17.6. The normalized spacial score (nSPS) is 18.1. The lowest BCUT2D eigenvalue weighted by atomic mass is 10.0. The van der Waals surface area contributed by atoms with E-state index in [1.54, 1.807) is 13.3 Å². The molecule has 1 aliphatic rings. The van der Waals surface area contributed by atoms with Crippen LogP contribution in [0.1, 0.15) is 17.4 Å². The molecule has 1 fully saturated rings. The van der Waals surface area contributed by atoms with Crippen molar-refractivity contribution in [3.63, 3.8) is 0 Å². The summed E-state index contributed by atoms with van der Waals surface area (Å²) >= 11 is 1.54. The molecule has 7 nitrogen and oxygen atoms in total. The Hall–Kier alpha value is -2.03. The molecule has 1 aliphatic heterocycles. The molecule has 0 saturated carbocycles. The van der Waals surface area contributed by atoms with Gasteiger partial charge in [-0.1, -0.05) is 0 Å². The summed E-state index contributed by atoms with van der Waals surface area (Å²) in [7, 11) is 1.64. The first kappa shape index (κ1) is 17.8. The fourth-order valence-electron chi connectivity index (χ4n) is 2.96. The van der Waals surface area contributed by atoms with Gasteiger partial charge in [0.15, 0.2) is 5.13 Å². The number of carbonyl (C=O) groups is 1. The van der Waals surface area contributed by atoms with Gasteiger partial charge in [-0.2, -0.15) is 0 Å². The van der Waals surface area contributed by atoms with E-state index in [1.807, 2.05) is 18.3 Å². The third-order valence-electron chi connectivity index (χ3n) is 4.05. The number of piperazine rings is 1. The number of methoxy groups -OCH3 is 1. The lowest BCUT2D eigenvalue weighted by molar-refractivity contribution is -0.114. The molecule has 0 aromatic carbocycles. The Bertz CT molecular complexity index is 721. The quantitative estimate of drug-likeness (QED) is 0.812. The molecule has 0 aliphatic carbocycles. The third-order valence-corrected chi connectivity index (χ3v) is 4.94. The van der Waals surface area contributed by atoms with E-state index in [0.717, 1.165) is 37.5 Å². The predicted molar refractivity (Wildman–Crippen MR) is 98.0 cm³/mol. The maximum atomic E-state index is 11.1. The third kappa shape index (κ3) is 5.22. The Morgan fingerprint density at radius 2 is 2.40 bits per heavy atom. The molecule has 0 bridgehead atoms. The number of anilines is 1.